The van der Waals surface area contributed by atoms with Crippen molar-refractivity contribution in [1.82, 2.24) is 4.72 Å². The third-order valence-electron chi connectivity index (χ3n) is 1.48. The standard InChI is InChI=1S/C7H10BrNO2S2/c1-2-13(10,11)9-5-6-3-4-7(8)12-6/h3-4,9H,2,5H2,1H3. The Morgan fingerprint density at radius 2 is 2.23 bits per heavy atom. The first kappa shape index (κ1) is 11.2. The molecule has 1 aromatic rings. The van der Waals surface area contributed by atoms with Crippen LogP contribution in [0.2, 0.25) is 0 Å². The minimum Gasteiger partial charge on any atom is -0.212 e. The molecular weight excluding hydrogens is 274 g/mol. The zero-order chi connectivity index (χ0) is 9.90. The average molecular weight is 284 g/mol. The van der Waals surface area contributed by atoms with Crippen LogP contribution in [0.25, 0.3) is 0 Å². The van der Waals surface area contributed by atoms with Gasteiger partial charge in [0, 0.05) is 11.4 Å². The van der Waals surface area contributed by atoms with Crippen LogP contribution in [0.1, 0.15) is 11.8 Å². The molecule has 0 spiro atoms. The van der Waals surface area contributed by atoms with Gasteiger partial charge in [0.25, 0.3) is 0 Å². The summed E-state index contributed by atoms with van der Waals surface area (Å²) in [5.41, 5.74) is 0. The average Bonchev–Trinajstić information content (AvgIpc) is 2.48. The van der Waals surface area contributed by atoms with Crippen LogP contribution in [-0.2, 0) is 16.6 Å². The molecule has 0 aromatic carbocycles. The van der Waals surface area contributed by atoms with E-state index in [1.807, 2.05) is 12.1 Å². The van der Waals surface area contributed by atoms with Gasteiger partial charge in [-0.25, -0.2) is 13.1 Å². The highest BCUT2D eigenvalue weighted by atomic mass is 79.9. The van der Waals surface area contributed by atoms with E-state index in [4.69, 9.17) is 0 Å². The maximum atomic E-state index is 11.1. The van der Waals surface area contributed by atoms with Gasteiger partial charge in [-0.3, -0.25) is 0 Å². The Hall–Kier alpha value is 0.0900. The van der Waals surface area contributed by atoms with E-state index in [2.05, 4.69) is 20.7 Å². The first-order chi connectivity index (χ1) is 6.03. The number of nitrogens with one attached hydrogen (secondary N) is 1. The molecule has 0 saturated heterocycles. The zero-order valence-corrected chi connectivity index (χ0v) is 10.3. The Labute approximate surface area is 90.3 Å². The summed E-state index contributed by atoms with van der Waals surface area (Å²) < 4.78 is 25.6. The fraction of sp³-hybridized carbons (Fsp3) is 0.429. The van der Waals surface area contributed by atoms with Gasteiger partial charge in [0.15, 0.2) is 0 Å². The molecule has 74 valence electrons. The van der Waals surface area contributed by atoms with E-state index < -0.39 is 10.0 Å². The number of rotatable bonds is 4. The van der Waals surface area contributed by atoms with Crippen LogP contribution >= 0.6 is 27.3 Å². The highest BCUT2D eigenvalue weighted by Crippen LogP contribution is 2.21. The van der Waals surface area contributed by atoms with Crippen LogP contribution in [0.5, 0.6) is 0 Å². The normalized spacial score (nSPS) is 11.8. The molecule has 0 aliphatic carbocycles. The van der Waals surface area contributed by atoms with Crippen LogP contribution in [0.4, 0.5) is 0 Å². The summed E-state index contributed by atoms with van der Waals surface area (Å²) in [4.78, 5) is 1.00. The predicted molar refractivity (Wildman–Crippen MR) is 58.3 cm³/mol. The summed E-state index contributed by atoms with van der Waals surface area (Å²) >= 11 is 4.84. The molecule has 0 bridgehead atoms. The highest BCUT2D eigenvalue weighted by molar-refractivity contribution is 9.11. The Kier molecular flexibility index (Phi) is 3.90. The maximum absolute atomic E-state index is 11.1. The van der Waals surface area contributed by atoms with Gasteiger partial charge in [0.2, 0.25) is 10.0 Å². The van der Waals surface area contributed by atoms with E-state index in [1.54, 1.807) is 6.92 Å². The van der Waals surface area contributed by atoms with E-state index in [0.717, 1.165) is 8.66 Å². The summed E-state index contributed by atoms with van der Waals surface area (Å²) in [6.07, 6.45) is 0. The second-order valence-corrected chi connectivity index (χ2v) is 7.07. The molecule has 1 aromatic heterocycles. The van der Waals surface area contributed by atoms with Crippen LogP contribution in [0.15, 0.2) is 15.9 Å². The molecule has 0 unspecified atom stereocenters. The summed E-state index contributed by atoms with van der Waals surface area (Å²) in [6.45, 7) is 2.00. The summed E-state index contributed by atoms with van der Waals surface area (Å²) in [5.74, 6) is 0.125. The second-order valence-electron chi connectivity index (χ2n) is 2.43. The second kappa shape index (κ2) is 4.54. The Balaban J connectivity index is 2.53. The van der Waals surface area contributed by atoms with Crippen molar-refractivity contribution in [2.75, 3.05) is 5.75 Å². The molecular formula is C7H10BrNO2S2. The third-order valence-corrected chi connectivity index (χ3v) is 4.44. The Bertz CT molecular complexity index is 372. The predicted octanol–water partition coefficient (Wildman–Crippen LogP) is 1.95. The number of hydrogen-bond acceptors (Lipinski definition) is 3. The van der Waals surface area contributed by atoms with Gasteiger partial charge in [-0.1, -0.05) is 0 Å². The molecule has 0 fully saturated rings. The van der Waals surface area contributed by atoms with Crippen molar-refractivity contribution in [3.8, 4) is 0 Å². The molecule has 1 heterocycles. The molecule has 0 saturated carbocycles. The van der Waals surface area contributed by atoms with Crippen LogP contribution in [-0.4, -0.2) is 14.2 Å². The van der Waals surface area contributed by atoms with Gasteiger partial charge in [-0.2, -0.15) is 0 Å². The Morgan fingerprint density at radius 3 is 2.69 bits per heavy atom. The Morgan fingerprint density at radius 1 is 1.54 bits per heavy atom. The minimum atomic E-state index is -3.07. The molecule has 0 aliphatic heterocycles. The molecule has 6 heteroatoms. The summed E-state index contributed by atoms with van der Waals surface area (Å²) in [7, 11) is -3.07. The van der Waals surface area contributed by atoms with Crippen LogP contribution in [0, 0.1) is 0 Å². The molecule has 0 aliphatic rings. The number of sulfonamides is 1. The van der Waals surface area contributed by atoms with Crippen molar-refractivity contribution >= 4 is 37.3 Å². The van der Waals surface area contributed by atoms with E-state index in [-0.39, 0.29) is 5.75 Å². The van der Waals surface area contributed by atoms with Crippen molar-refractivity contribution < 1.29 is 8.42 Å². The molecule has 0 amide bonds. The van der Waals surface area contributed by atoms with Gasteiger partial charge in [-0.15, -0.1) is 11.3 Å². The van der Waals surface area contributed by atoms with Crippen molar-refractivity contribution in [2.45, 2.75) is 13.5 Å². The third kappa shape index (κ3) is 3.76. The largest absolute Gasteiger partial charge is 0.212 e. The van der Waals surface area contributed by atoms with Crippen molar-refractivity contribution in [3.05, 3.63) is 20.8 Å². The van der Waals surface area contributed by atoms with Crippen molar-refractivity contribution in [3.63, 3.8) is 0 Å². The molecule has 0 radical (unpaired) electrons. The number of hydrogen-bond donors (Lipinski definition) is 1. The molecule has 0 atom stereocenters. The maximum Gasteiger partial charge on any atom is 0.211 e. The summed E-state index contributed by atoms with van der Waals surface area (Å²) in [5, 5.41) is 0. The lowest BCUT2D eigenvalue weighted by Gasteiger charge is -2.00. The first-order valence-electron chi connectivity index (χ1n) is 3.75. The zero-order valence-electron chi connectivity index (χ0n) is 7.08. The van der Waals surface area contributed by atoms with Gasteiger partial charge in [0.1, 0.15) is 0 Å². The lowest BCUT2D eigenvalue weighted by Crippen LogP contribution is -2.24. The van der Waals surface area contributed by atoms with Gasteiger partial charge in [0.05, 0.1) is 9.54 Å². The van der Waals surface area contributed by atoms with Crippen LogP contribution in [0.3, 0.4) is 0 Å². The molecule has 1 rings (SSSR count). The molecule has 3 nitrogen and oxygen atoms in total. The summed E-state index contributed by atoms with van der Waals surface area (Å²) in [6, 6.07) is 3.80. The minimum absolute atomic E-state index is 0.125. The SMILES string of the molecule is CCS(=O)(=O)NCc1ccc(Br)s1. The van der Waals surface area contributed by atoms with Gasteiger partial charge < -0.3 is 0 Å². The number of halogens is 1. The van der Waals surface area contributed by atoms with E-state index in [0.29, 0.717) is 6.54 Å². The fourth-order valence-electron chi connectivity index (χ4n) is 0.730. The van der Waals surface area contributed by atoms with E-state index >= 15 is 0 Å². The number of thiophene rings is 1. The van der Waals surface area contributed by atoms with Crippen LogP contribution < -0.4 is 4.72 Å². The molecule has 1 N–H and O–H groups in total. The van der Waals surface area contributed by atoms with Crippen molar-refractivity contribution in [1.29, 1.82) is 0 Å². The molecule has 13 heavy (non-hydrogen) atoms. The topological polar surface area (TPSA) is 46.2 Å². The monoisotopic (exact) mass is 283 g/mol. The first-order valence-corrected chi connectivity index (χ1v) is 7.01. The fourth-order valence-corrected chi connectivity index (χ4v) is 2.82. The quantitative estimate of drug-likeness (QED) is 0.918. The van der Waals surface area contributed by atoms with Crippen molar-refractivity contribution in [2.24, 2.45) is 0 Å². The lowest BCUT2D eigenvalue weighted by atomic mass is 10.5. The smallest absolute Gasteiger partial charge is 0.211 e. The van der Waals surface area contributed by atoms with Gasteiger partial charge >= 0.3 is 0 Å². The van der Waals surface area contributed by atoms with E-state index in [1.165, 1.54) is 11.3 Å². The van der Waals surface area contributed by atoms with E-state index in [9.17, 15) is 8.42 Å². The van der Waals surface area contributed by atoms with Gasteiger partial charge in [-0.05, 0) is 35.0 Å². The lowest BCUT2D eigenvalue weighted by molar-refractivity contribution is 0.583. The highest BCUT2D eigenvalue weighted by Gasteiger charge is 2.06.